The number of aryl methyl sites for hydroxylation is 2. The molecule has 288 valence electrons. The third-order valence-electron chi connectivity index (χ3n) is 11.3. The van der Waals surface area contributed by atoms with Crippen LogP contribution in [0.2, 0.25) is 0 Å². The molecule has 4 amide bonds. The fourth-order valence-corrected chi connectivity index (χ4v) is 8.24. The number of nitrogens with zero attached hydrogens (tertiary/aromatic N) is 5. The topological polar surface area (TPSA) is 135 Å². The molecule has 13 nitrogen and oxygen atoms in total. The molecule has 0 saturated carbocycles. The molecule has 4 heterocycles. The van der Waals surface area contributed by atoms with Crippen molar-refractivity contribution >= 4 is 29.7 Å². The molecule has 0 radical (unpaired) electrons. The summed E-state index contributed by atoms with van der Waals surface area (Å²) in [4.78, 5) is 63.0. The summed E-state index contributed by atoms with van der Waals surface area (Å²) < 4.78 is 11.3. The summed E-state index contributed by atoms with van der Waals surface area (Å²) in [5, 5.41) is 13.4. The number of esters is 1. The molecule has 2 aromatic rings. The summed E-state index contributed by atoms with van der Waals surface area (Å²) >= 11 is 0. The number of benzene rings is 2. The van der Waals surface area contributed by atoms with Gasteiger partial charge in [0.15, 0.2) is 6.10 Å². The highest BCUT2D eigenvalue weighted by Gasteiger charge is 2.37. The molecular formula is C40H56N6O7. The van der Waals surface area contributed by atoms with Gasteiger partial charge in [0.1, 0.15) is 5.75 Å². The number of urea groups is 1. The fourth-order valence-electron chi connectivity index (χ4n) is 8.24. The van der Waals surface area contributed by atoms with Crippen molar-refractivity contribution < 1.29 is 33.8 Å². The summed E-state index contributed by atoms with van der Waals surface area (Å²) in [6.45, 7) is 12.4. The van der Waals surface area contributed by atoms with Crippen LogP contribution >= 0.6 is 0 Å². The lowest BCUT2D eigenvalue weighted by molar-refractivity contribution is -0.145. The smallest absolute Gasteiger partial charge is 0.410 e. The number of rotatable bonds is 10. The van der Waals surface area contributed by atoms with Gasteiger partial charge in [-0.3, -0.25) is 19.4 Å². The van der Waals surface area contributed by atoms with E-state index in [2.05, 4.69) is 15.1 Å². The van der Waals surface area contributed by atoms with E-state index in [0.29, 0.717) is 75.9 Å². The van der Waals surface area contributed by atoms with Crippen LogP contribution in [0.4, 0.5) is 15.3 Å². The van der Waals surface area contributed by atoms with Crippen LogP contribution in [0.15, 0.2) is 36.4 Å². The predicted octanol–water partition coefficient (Wildman–Crippen LogP) is 4.17. The van der Waals surface area contributed by atoms with Crippen LogP contribution in [0, 0.1) is 13.8 Å². The minimum atomic E-state index is -1.01. The Labute approximate surface area is 313 Å². The molecule has 3 saturated heterocycles. The largest absolute Gasteiger partial charge is 0.507 e. The molecule has 2 aromatic carbocycles. The van der Waals surface area contributed by atoms with Gasteiger partial charge in [-0.1, -0.05) is 37.3 Å². The number of carbonyl (C=O) groups excluding carboxylic acids is 4. The van der Waals surface area contributed by atoms with E-state index in [0.717, 1.165) is 68.7 Å². The minimum absolute atomic E-state index is 0.000290. The Balaban J connectivity index is 1.04. The van der Waals surface area contributed by atoms with Gasteiger partial charge in [0, 0.05) is 83.1 Å². The van der Waals surface area contributed by atoms with Gasteiger partial charge in [-0.25, -0.2) is 9.59 Å². The van der Waals surface area contributed by atoms with Gasteiger partial charge in [-0.2, -0.15) is 0 Å². The van der Waals surface area contributed by atoms with Crippen LogP contribution in [0.5, 0.6) is 5.75 Å². The van der Waals surface area contributed by atoms with Gasteiger partial charge < -0.3 is 34.6 Å². The van der Waals surface area contributed by atoms with Gasteiger partial charge in [-0.05, 0) is 80.7 Å². The van der Waals surface area contributed by atoms with E-state index in [1.807, 2.05) is 67.0 Å². The molecule has 0 bridgehead atoms. The molecule has 13 heteroatoms. The van der Waals surface area contributed by atoms with E-state index >= 15 is 0 Å². The Hall–Kier alpha value is -4.36. The monoisotopic (exact) mass is 732 g/mol. The zero-order valence-corrected chi connectivity index (χ0v) is 31.6. The molecule has 0 aliphatic carbocycles. The second-order valence-electron chi connectivity index (χ2n) is 15.0. The molecule has 2 N–H and O–H groups in total. The number of anilines is 1. The van der Waals surface area contributed by atoms with Crippen LogP contribution in [0.25, 0.3) is 0 Å². The zero-order valence-electron chi connectivity index (χ0n) is 31.6. The number of para-hydroxylation sites is 1. The van der Waals surface area contributed by atoms with Crippen LogP contribution in [0.1, 0.15) is 61.3 Å². The van der Waals surface area contributed by atoms with Crippen molar-refractivity contribution in [3.05, 3.63) is 58.7 Å². The first-order valence-corrected chi connectivity index (χ1v) is 19.4. The number of carbonyl (C=O) groups is 4. The SMILES string of the molecule is CCCOC(=O)CN1CCN(C2CCN(C(=O)[C@@H](Cc3cc(C)c(O)c(C)c3)OC(=O)N3CCC(N4CCc5ccccc5NC4=O)CC3)CC2)CC1. The summed E-state index contributed by atoms with van der Waals surface area (Å²) in [5.74, 6) is -0.151. The first-order valence-electron chi connectivity index (χ1n) is 19.4. The number of piperazine rings is 1. The Morgan fingerprint density at radius 2 is 1.51 bits per heavy atom. The highest BCUT2D eigenvalue weighted by atomic mass is 16.6. The summed E-state index contributed by atoms with van der Waals surface area (Å²) in [6, 6.07) is 11.8. The first-order chi connectivity index (χ1) is 25.6. The number of amides is 4. The lowest BCUT2D eigenvalue weighted by Gasteiger charge is -2.43. The second-order valence-corrected chi connectivity index (χ2v) is 15.0. The number of likely N-dealkylation sites (tertiary alicyclic amines) is 2. The van der Waals surface area contributed by atoms with Crippen molar-refractivity contribution in [3.8, 4) is 5.75 Å². The molecule has 4 aliphatic rings. The maximum atomic E-state index is 14.1. The lowest BCUT2D eigenvalue weighted by atomic mass is 9.98. The van der Waals surface area contributed by atoms with E-state index in [1.165, 1.54) is 0 Å². The third kappa shape index (κ3) is 9.61. The van der Waals surface area contributed by atoms with Crippen molar-refractivity contribution in [1.29, 1.82) is 0 Å². The summed E-state index contributed by atoms with van der Waals surface area (Å²) in [7, 11) is 0. The molecule has 53 heavy (non-hydrogen) atoms. The van der Waals surface area contributed by atoms with Crippen LogP contribution < -0.4 is 5.32 Å². The van der Waals surface area contributed by atoms with Crippen LogP contribution in [-0.2, 0) is 31.9 Å². The van der Waals surface area contributed by atoms with Gasteiger partial charge in [0.2, 0.25) is 0 Å². The number of phenolic OH excluding ortho intramolecular Hbond substituents is 1. The van der Waals surface area contributed by atoms with Crippen molar-refractivity contribution in [3.63, 3.8) is 0 Å². The normalized spacial score (nSPS) is 20.0. The maximum absolute atomic E-state index is 14.1. The number of aromatic hydroxyl groups is 1. The zero-order chi connectivity index (χ0) is 37.5. The fraction of sp³-hybridized carbons (Fsp3) is 0.600. The third-order valence-corrected chi connectivity index (χ3v) is 11.3. The number of nitrogens with one attached hydrogen (secondary N) is 1. The minimum Gasteiger partial charge on any atom is -0.507 e. The van der Waals surface area contributed by atoms with Crippen LogP contribution in [0.3, 0.4) is 0 Å². The molecule has 3 fully saturated rings. The van der Waals surface area contributed by atoms with E-state index in [4.69, 9.17) is 9.47 Å². The molecular weight excluding hydrogens is 676 g/mol. The average Bonchev–Trinajstić information content (AvgIpc) is 3.34. The summed E-state index contributed by atoms with van der Waals surface area (Å²) in [5.41, 5.74) is 4.20. The van der Waals surface area contributed by atoms with Gasteiger partial charge in [0.25, 0.3) is 5.91 Å². The Bertz CT molecular complexity index is 1590. The number of ether oxygens (including phenoxy) is 2. The number of hydrogen-bond donors (Lipinski definition) is 2. The Morgan fingerprint density at radius 3 is 2.19 bits per heavy atom. The molecule has 4 aliphatic heterocycles. The number of hydrogen-bond acceptors (Lipinski definition) is 9. The van der Waals surface area contributed by atoms with Gasteiger partial charge >= 0.3 is 18.1 Å². The Morgan fingerprint density at radius 1 is 0.868 bits per heavy atom. The second kappa shape index (κ2) is 17.6. The van der Waals surface area contributed by atoms with Crippen molar-refractivity contribution in [2.75, 3.05) is 77.4 Å². The molecule has 0 aromatic heterocycles. The molecule has 1 atom stereocenters. The Kier molecular flexibility index (Phi) is 12.8. The molecule has 0 spiro atoms. The average molecular weight is 733 g/mol. The van der Waals surface area contributed by atoms with Gasteiger partial charge in [0.05, 0.1) is 13.2 Å². The number of phenols is 1. The number of fused-ring (bicyclic) bond motifs is 1. The van der Waals surface area contributed by atoms with E-state index in [-0.39, 0.29) is 36.1 Å². The lowest BCUT2D eigenvalue weighted by Crippen LogP contribution is -2.55. The van der Waals surface area contributed by atoms with Crippen LogP contribution in [-0.4, -0.2) is 144 Å². The first kappa shape index (κ1) is 38.4. The van der Waals surface area contributed by atoms with Crippen molar-refractivity contribution in [2.24, 2.45) is 0 Å². The highest BCUT2D eigenvalue weighted by molar-refractivity contribution is 5.91. The maximum Gasteiger partial charge on any atom is 0.410 e. The number of piperidine rings is 2. The summed E-state index contributed by atoms with van der Waals surface area (Å²) in [6.07, 6.45) is 3.16. The van der Waals surface area contributed by atoms with Crippen molar-refractivity contribution in [2.45, 2.75) is 83.9 Å². The predicted molar refractivity (Wildman–Crippen MR) is 201 cm³/mol. The van der Waals surface area contributed by atoms with Gasteiger partial charge in [-0.15, -0.1) is 0 Å². The highest BCUT2D eigenvalue weighted by Crippen LogP contribution is 2.27. The quantitative estimate of drug-likeness (QED) is 0.345. The van der Waals surface area contributed by atoms with Crippen molar-refractivity contribution in [1.82, 2.24) is 24.5 Å². The molecule has 6 rings (SSSR count). The van der Waals surface area contributed by atoms with E-state index < -0.39 is 12.2 Å². The van der Waals surface area contributed by atoms with E-state index in [1.54, 1.807) is 4.90 Å². The molecule has 0 unspecified atom stereocenters. The standard InChI is InChI=1S/C40H56N6O7/c1-4-23-52-36(47)27-42-19-21-43(22-20-42)32-10-14-44(15-11-32)38(49)35(26-30-24-28(2)37(48)29(3)25-30)53-40(51)45-16-12-33(13-17-45)46-18-9-31-7-5-6-8-34(31)41-39(46)50/h5-8,24-25,32-33,35,48H,4,9-23,26-27H2,1-3H3,(H,41,50)/t35-/m1/s1. The van der Waals surface area contributed by atoms with E-state index in [9.17, 15) is 24.3 Å².